The molecule has 1 heterocycles. The van der Waals surface area contributed by atoms with Crippen molar-refractivity contribution >= 4 is 17.3 Å². The van der Waals surface area contributed by atoms with Gasteiger partial charge in [-0.25, -0.2) is 0 Å². The van der Waals surface area contributed by atoms with Crippen LogP contribution in [0.2, 0.25) is 0 Å². The topological polar surface area (TPSA) is 32.3 Å². The van der Waals surface area contributed by atoms with Crippen molar-refractivity contribution in [3.05, 3.63) is 23.8 Å². The van der Waals surface area contributed by atoms with E-state index in [1.54, 1.807) is 0 Å². The number of nitrogens with zero attached hydrogens (tertiary/aromatic N) is 1. The lowest BCUT2D eigenvalue weighted by Gasteiger charge is -2.22. The van der Waals surface area contributed by atoms with E-state index in [9.17, 15) is 4.79 Å². The quantitative estimate of drug-likeness (QED) is 0.888. The Kier molecular flexibility index (Phi) is 3.90. The molecule has 3 nitrogen and oxygen atoms in total. The van der Waals surface area contributed by atoms with Crippen LogP contribution >= 0.6 is 0 Å². The summed E-state index contributed by atoms with van der Waals surface area (Å²) in [7, 11) is 0. The summed E-state index contributed by atoms with van der Waals surface area (Å²) in [6, 6.07) is 6.24. The molecule has 0 radical (unpaired) electrons. The minimum absolute atomic E-state index is 0.0118. The maximum absolute atomic E-state index is 11.8. The highest BCUT2D eigenvalue weighted by molar-refractivity contribution is 5.95. The summed E-state index contributed by atoms with van der Waals surface area (Å²) < 4.78 is 0. The molecular formula is C15H22N2O. The van der Waals surface area contributed by atoms with Crippen molar-refractivity contribution in [2.45, 2.75) is 33.6 Å². The molecule has 98 valence electrons. The molecule has 1 aromatic rings. The molecule has 1 N–H and O–H groups in total. The molecule has 0 aliphatic carbocycles. The predicted octanol–water partition coefficient (Wildman–Crippen LogP) is 3.19. The van der Waals surface area contributed by atoms with E-state index in [4.69, 9.17) is 0 Å². The Morgan fingerprint density at radius 2 is 1.94 bits per heavy atom. The highest BCUT2D eigenvalue weighted by atomic mass is 16.1. The van der Waals surface area contributed by atoms with Gasteiger partial charge in [0.2, 0.25) is 5.91 Å². The Morgan fingerprint density at radius 3 is 2.56 bits per heavy atom. The number of nitrogens with one attached hydrogen (secondary N) is 1. The van der Waals surface area contributed by atoms with Crippen LogP contribution in [0.1, 0.15) is 32.3 Å². The lowest BCUT2D eigenvalue weighted by molar-refractivity contribution is -0.118. The zero-order valence-electron chi connectivity index (χ0n) is 11.5. The molecule has 0 atom stereocenters. The molecule has 0 unspecified atom stereocenters. The van der Waals surface area contributed by atoms with Crippen molar-refractivity contribution in [3.8, 4) is 0 Å². The molecule has 1 aliphatic heterocycles. The number of carbonyl (C=O) groups is 1. The molecule has 18 heavy (non-hydrogen) atoms. The Morgan fingerprint density at radius 1 is 1.28 bits per heavy atom. The van der Waals surface area contributed by atoms with Gasteiger partial charge < -0.3 is 10.2 Å². The van der Waals surface area contributed by atoms with E-state index in [1.807, 2.05) is 19.9 Å². The molecule has 1 aliphatic rings. The smallest absolute Gasteiger partial charge is 0.226 e. The molecule has 2 rings (SSSR count). The monoisotopic (exact) mass is 246 g/mol. The van der Waals surface area contributed by atoms with Crippen LogP contribution in [0.3, 0.4) is 0 Å². The standard InChI is InChI=1S/C15H22N2O/c1-11(2)15(18)16-13-7-6-12(3)10-14(13)17-8-4-5-9-17/h6-7,10-11H,4-5,8-9H2,1-3H3,(H,16,18). The third-order valence-corrected chi connectivity index (χ3v) is 3.38. The van der Waals surface area contributed by atoms with Crippen LogP contribution in [-0.4, -0.2) is 19.0 Å². The van der Waals surface area contributed by atoms with Gasteiger partial charge in [-0.15, -0.1) is 0 Å². The van der Waals surface area contributed by atoms with Crippen LogP contribution in [0.4, 0.5) is 11.4 Å². The second-order valence-corrected chi connectivity index (χ2v) is 5.36. The van der Waals surface area contributed by atoms with Gasteiger partial charge >= 0.3 is 0 Å². The van der Waals surface area contributed by atoms with Gasteiger partial charge in [0.25, 0.3) is 0 Å². The third-order valence-electron chi connectivity index (χ3n) is 3.38. The Bertz CT molecular complexity index is 434. The van der Waals surface area contributed by atoms with Crippen LogP contribution in [0, 0.1) is 12.8 Å². The fourth-order valence-electron chi connectivity index (χ4n) is 2.24. The first-order valence-electron chi connectivity index (χ1n) is 6.74. The van der Waals surface area contributed by atoms with Crippen LogP contribution in [0.15, 0.2) is 18.2 Å². The van der Waals surface area contributed by atoms with Gasteiger partial charge in [0, 0.05) is 19.0 Å². The number of hydrogen-bond acceptors (Lipinski definition) is 2. The number of aryl methyl sites for hydroxylation is 1. The lowest BCUT2D eigenvalue weighted by atomic mass is 10.1. The fraction of sp³-hybridized carbons (Fsp3) is 0.533. The highest BCUT2D eigenvalue weighted by Crippen LogP contribution is 2.30. The molecule has 0 aromatic heterocycles. The lowest BCUT2D eigenvalue weighted by Crippen LogP contribution is -2.23. The van der Waals surface area contributed by atoms with Gasteiger partial charge in [-0.2, -0.15) is 0 Å². The summed E-state index contributed by atoms with van der Waals surface area (Å²) >= 11 is 0. The molecule has 1 fully saturated rings. The first-order valence-corrected chi connectivity index (χ1v) is 6.74. The summed E-state index contributed by atoms with van der Waals surface area (Å²) in [6.45, 7) is 8.10. The number of anilines is 2. The van der Waals surface area contributed by atoms with E-state index in [1.165, 1.54) is 24.1 Å². The molecular weight excluding hydrogens is 224 g/mol. The Balaban J connectivity index is 2.25. The fourth-order valence-corrected chi connectivity index (χ4v) is 2.24. The van der Waals surface area contributed by atoms with Crippen molar-refractivity contribution in [2.24, 2.45) is 5.92 Å². The van der Waals surface area contributed by atoms with E-state index >= 15 is 0 Å². The second-order valence-electron chi connectivity index (χ2n) is 5.36. The van der Waals surface area contributed by atoms with Crippen molar-refractivity contribution in [3.63, 3.8) is 0 Å². The third kappa shape index (κ3) is 2.84. The zero-order valence-corrected chi connectivity index (χ0v) is 11.5. The van der Waals surface area contributed by atoms with Crippen LogP contribution in [0.25, 0.3) is 0 Å². The minimum Gasteiger partial charge on any atom is -0.370 e. The maximum atomic E-state index is 11.8. The van der Waals surface area contributed by atoms with E-state index in [2.05, 4.69) is 29.3 Å². The average Bonchev–Trinajstić information content (AvgIpc) is 2.84. The van der Waals surface area contributed by atoms with Gasteiger partial charge in [-0.1, -0.05) is 19.9 Å². The normalized spacial score (nSPS) is 15.2. The van der Waals surface area contributed by atoms with E-state index < -0.39 is 0 Å². The zero-order chi connectivity index (χ0) is 13.1. The Hall–Kier alpha value is -1.51. The number of rotatable bonds is 3. The SMILES string of the molecule is Cc1ccc(NC(=O)C(C)C)c(N2CCCC2)c1. The van der Waals surface area contributed by atoms with Crippen molar-refractivity contribution in [2.75, 3.05) is 23.3 Å². The number of carbonyl (C=O) groups excluding carboxylic acids is 1. The summed E-state index contributed by atoms with van der Waals surface area (Å²) in [5.74, 6) is 0.0945. The van der Waals surface area contributed by atoms with E-state index in [-0.39, 0.29) is 11.8 Å². The minimum atomic E-state index is 0.0118. The first-order chi connectivity index (χ1) is 8.58. The van der Waals surface area contributed by atoms with Crippen LogP contribution in [0.5, 0.6) is 0 Å². The van der Waals surface area contributed by atoms with Gasteiger partial charge in [0.15, 0.2) is 0 Å². The second kappa shape index (κ2) is 5.42. The van der Waals surface area contributed by atoms with Gasteiger partial charge in [0.1, 0.15) is 0 Å². The van der Waals surface area contributed by atoms with Crippen molar-refractivity contribution in [1.29, 1.82) is 0 Å². The predicted molar refractivity (Wildman–Crippen MR) is 76.1 cm³/mol. The summed E-state index contributed by atoms with van der Waals surface area (Å²) in [6.07, 6.45) is 2.48. The number of benzene rings is 1. The van der Waals surface area contributed by atoms with Crippen molar-refractivity contribution in [1.82, 2.24) is 0 Å². The van der Waals surface area contributed by atoms with E-state index in [0.717, 1.165) is 18.8 Å². The van der Waals surface area contributed by atoms with Crippen LogP contribution in [-0.2, 0) is 4.79 Å². The first kappa shape index (κ1) is 12.9. The van der Waals surface area contributed by atoms with Gasteiger partial charge in [-0.05, 0) is 37.5 Å². The molecule has 1 aromatic carbocycles. The molecule has 0 saturated carbocycles. The van der Waals surface area contributed by atoms with Crippen molar-refractivity contribution < 1.29 is 4.79 Å². The van der Waals surface area contributed by atoms with Gasteiger partial charge in [-0.3, -0.25) is 4.79 Å². The largest absolute Gasteiger partial charge is 0.370 e. The summed E-state index contributed by atoms with van der Waals surface area (Å²) in [5, 5.41) is 3.03. The number of hydrogen-bond donors (Lipinski definition) is 1. The molecule has 3 heteroatoms. The Labute approximate surface area is 109 Å². The van der Waals surface area contributed by atoms with Crippen LogP contribution < -0.4 is 10.2 Å². The molecule has 0 bridgehead atoms. The summed E-state index contributed by atoms with van der Waals surface area (Å²) in [5.41, 5.74) is 3.35. The molecule has 0 spiro atoms. The van der Waals surface area contributed by atoms with Gasteiger partial charge in [0.05, 0.1) is 11.4 Å². The maximum Gasteiger partial charge on any atom is 0.226 e. The van der Waals surface area contributed by atoms with E-state index in [0.29, 0.717) is 0 Å². The summed E-state index contributed by atoms with van der Waals surface area (Å²) in [4.78, 5) is 14.2. The molecule has 1 saturated heterocycles. The number of amides is 1. The highest BCUT2D eigenvalue weighted by Gasteiger charge is 2.17. The average molecular weight is 246 g/mol. The molecule has 1 amide bonds.